The minimum absolute atomic E-state index is 0. The molecule has 1 saturated carbocycles. The molecule has 0 aromatic carbocycles. The molecule has 1 aliphatic rings. The van der Waals surface area contributed by atoms with Gasteiger partial charge in [-0.2, -0.15) is 0 Å². The highest BCUT2D eigenvalue weighted by Gasteiger charge is 2.59. The zero-order valence-electron chi connectivity index (χ0n) is 6.67. The molecule has 0 aliphatic heterocycles. The number of hydrogen-bond acceptors (Lipinski definition) is 3. The molecule has 5 N–H and O–H groups in total. The van der Waals surface area contributed by atoms with E-state index in [1.54, 1.807) is 0 Å². The first-order valence-corrected chi connectivity index (χ1v) is 3.41. The highest BCUT2D eigenvalue weighted by molar-refractivity contribution is 5.85. The third kappa shape index (κ3) is 2.26. The van der Waals surface area contributed by atoms with Gasteiger partial charge in [0, 0.05) is 12.8 Å². The molecule has 0 saturated heterocycles. The molecular formula is C6H11ClF2N2O2. The van der Waals surface area contributed by atoms with E-state index in [0.717, 1.165) is 0 Å². The SMILES string of the molecule is Cl.NC(=O)[C@@H](O)C1(N)CC(F)(F)C1. The van der Waals surface area contributed by atoms with Gasteiger partial charge in [0.05, 0.1) is 5.54 Å². The fourth-order valence-electron chi connectivity index (χ4n) is 1.39. The summed E-state index contributed by atoms with van der Waals surface area (Å²) in [6.45, 7) is 0. The number of halogens is 3. The normalized spacial score (nSPS) is 25.2. The molecule has 1 aliphatic carbocycles. The van der Waals surface area contributed by atoms with Gasteiger partial charge >= 0.3 is 0 Å². The van der Waals surface area contributed by atoms with Crippen LogP contribution in [0.2, 0.25) is 0 Å². The molecule has 1 rings (SSSR count). The number of hydrogen-bond donors (Lipinski definition) is 3. The molecule has 0 bridgehead atoms. The van der Waals surface area contributed by atoms with Gasteiger partial charge in [0.15, 0.2) is 6.10 Å². The molecule has 0 spiro atoms. The van der Waals surface area contributed by atoms with Gasteiger partial charge in [-0.15, -0.1) is 12.4 Å². The minimum atomic E-state index is -2.87. The fraction of sp³-hybridized carbons (Fsp3) is 0.833. The number of amides is 1. The summed E-state index contributed by atoms with van der Waals surface area (Å²) in [4.78, 5) is 10.4. The Balaban J connectivity index is 0.00000144. The summed E-state index contributed by atoms with van der Waals surface area (Å²) in [5.41, 5.74) is 8.47. The second kappa shape index (κ2) is 3.36. The molecule has 1 atom stereocenters. The largest absolute Gasteiger partial charge is 0.381 e. The van der Waals surface area contributed by atoms with E-state index in [1.165, 1.54) is 0 Å². The molecule has 7 heteroatoms. The Morgan fingerprint density at radius 1 is 1.46 bits per heavy atom. The van der Waals surface area contributed by atoms with Crippen LogP contribution in [0.3, 0.4) is 0 Å². The van der Waals surface area contributed by atoms with Crippen LogP contribution >= 0.6 is 12.4 Å². The topological polar surface area (TPSA) is 89.3 Å². The van der Waals surface area contributed by atoms with Crippen molar-refractivity contribution in [2.75, 3.05) is 0 Å². The van der Waals surface area contributed by atoms with Gasteiger partial charge in [-0.05, 0) is 0 Å². The number of primary amides is 1. The second-order valence-electron chi connectivity index (χ2n) is 3.25. The van der Waals surface area contributed by atoms with Gasteiger partial charge < -0.3 is 16.6 Å². The lowest BCUT2D eigenvalue weighted by Crippen LogP contribution is -2.67. The number of aliphatic hydroxyl groups is 1. The van der Waals surface area contributed by atoms with E-state index in [-0.39, 0.29) is 12.4 Å². The number of carbonyl (C=O) groups is 1. The highest BCUT2D eigenvalue weighted by Crippen LogP contribution is 2.45. The average Bonchev–Trinajstić information content (AvgIpc) is 1.81. The summed E-state index contributed by atoms with van der Waals surface area (Å²) in [6, 6.07) is 0. The van der Waals surface area contributed by atoms with Crippen molar-refractivity contribution in [1.29, 1.82) is 0 Å². The van der Waals surface area contributed by atoms with Crippen LogP contribution in [-0.4, -0.2) is 28.6 Å². The molecule has 0 aromatic rings. The third-order valence-electron chi connectivity index (χ3n) is 1.99. The standard InChI is InChI=1S/C6H10F2N2O2.ClH/c7-6(8)1-5(10,2-6)3(11)4(9)12;/h3,11H,1-2,10H2,(H2,9,12);1H/t3-;/m1./s1. The first-order chi connectivity index (χ1) is 5.27. The Labute approximate surface area is 79.7 Å². The van der Waals surface area contributed by atoms with Crippen LogP contribution in [0.4, 0.5) is 8.78 Å². The molecule has 0 heterocycles. The smallest absolute Gasteiger partial charge is 0.251 e. The predicted octanol–water partition coefficient (Wildman–Crippen LogP) is -0.619. The van der Waals surface area contributed by atoms with E-state index in [9.17, 15) is 13.6 Å². The van der Waals surface area contributed by atoms with Gasteiger partial charge in [-0.25, -0.2) is 8.78 Å². The molecule has 0 radical (unpaired) electrons. The minimum Gasteiger partial charge on any atom is -0.381 e. The summed E-state index contributed by atoms with van der Waals surface area (Å²) >= 11 is 0. The third-order valence-corrected chi connectivity index (χ3v) is 1.99. The lowest BCUT2D eigenvalue weighted by molar-refractivity contribution is -0.164. The Bertz CT molecular complexity index is 217. The van der Waals surface area contributed by atoms with Crippen molar-refractivity contribution in [3.8, 4) is 0 Å². The predicted molar refractivity (Wildman–Crippen MR) is 43.5 cm³/mol. The van der Waals surface area contributed by atoms with E-state index < -0.39 is 36.3 Å². The van der Waals surface area contributed by atoms with Crippen LogP contribution in [0.15, 0.2) is 0 Å². The van der Waals surface area contributed by atoms with E-state index in [1.807, 2.05) is 0 Å². The van der Waals surface area contributed by atoms with Crippen molar-refractivity contribution in [2.24, 2.45) is 11.5 Å². The van der Waals surface area contributed by atoms with Crippen LogP contribution in [0.5, 0.6) is 0 Å². The Kier molecular flexibility index (Phi) is 3.24. The van der Waals surface area contributed by atoms with Crippen molar-refractivity contribution in [3.63, 3.8) is 0 Å². The Hall–Kier alpha value is -0.460. The summed E-state index contributed by atoms with van der Waals surface area (Å²) in [5, 5.41) is 9.00. The van der Waals surface area contributed by atoms with Crippen molar-refractivity contribution in [1.82, 2.24) is 0 Å². The maximum Gasteiger partial charge on any atom is 0.251 e. The van der Waals surface area contributed by atoms with Crippen LogP contribution in [-0.2, 0) is 4.79 Å². The van der Waals surface area contributed by atoms with Gasteiger partial charge in [-0.3, -0.25) is 4.79 Å². The molecule has 78 valence electrons. The molecule has 1 amide bonds. The number of nitrogens with two attached hydrogens (primary N) is 2. The second-order valence-corrected chi connectivity index (χ2v) is 3.25. The zero-order chi connectivity index (χ0) is 9.57. The maximum atomic E-state index is 12.3. The van der Waals surface area contributed by atoms with E-state index in [0.29, 0.717) is 0 Å². The molecule has 4 nitrogen and oxygen atoms in total. The molecule has 13 heavy (non-hydrogen) atoms. The Morgan fingerprint density at radius 2 is 1.85 bits per heavy atom. The van der Waals surface area contributed by atoms with Gasteiger partial charge in [0.25, 0.3) is 5.92 Å². The average molecular weight is 217 g/mol. The monoisotopic (exact) mass is 216 g/mol. The molecule has 1 fully saturated rings. The quantitative estimate of drug-likeness (QED) is 0.575. The maximum absolute atomic E-state index is 12.3. The molecule has 0 unspecified atom stereocenters. The van der Waals surface area contributed by atoms with Crippen LogP contribution in [0.25, 0.3) is 0 Å². The lowest BCUT2D eigenvalue weighted by Gasteiger charge is -2.46. The molecular weight excluding hydrogens is 206 g/mol. The van der Waals surface area contributed by atoms with Crippen molar-refractivity contribution < 1.29 is 18.7 Å². The van der Waals surface area contributed by atoms with Crippen molar-refractivity contribution in [2.45, 2.75) is 30.4 Å². The van der Waals surface area contributed by atoms with Gasteiger partial charge in [0.2, 0.25) is 5.91 Å². The van der Waals surface area contributed by atoms with Crippen LogP contribution in [0, 0.1) is 0 Å². The first kappa shape index (κ1) is 12.5. The molecule has 0 aromatic heterocycles. The van der Waals surface area contributed by atoms with Gasteiger partial charge in [0.1, 0.15) is 0 Å². The van der Waals surface area contributed by atoms with Gasteiger partial charge in [-0.1, -0.05) is 0 Å². The summed E-state index contributed by atoms with van der Waals surface area (Å²) < 4.78 is 24.6. The summed E-state index contributed by atoms with van der Waals surface area (Å²) in [7, 11) is 0. The number of carbonyl (C=O) groups excluding carboxylic acids is 1. The number of rotatable bonds is 2. The number of alkyl halides is 2. The van der Waals surface area contributed by atoms with E-state index in [4.69, 9.17) is 16.6 Å². The highest BCUT2D eigenvalue weighted by atomic mass is 35.5. The fourth-order valence-corrected chi connectivity index (χ4v) is 1.39. The Morgan fingerprint density at radius 3 is 2.08 bits per heavy atom. The van der Waals surface area contributed by atoms with E-state index in [2.05, 4.69) is 0 Å². The van der Waals surface area contributed by atoms with Crippen LogP contribution in [0.1, 0.15) is 12.8 Å². The first-order valence-electron chi connectivity index (χ1n) is 3.41. The van der Waals surface area contributed by atoms with Crippen molar-refractivity contribution >= 4 is 18.3 Å². The lowest BCUT2D eigenvalue weighted by atomic mass is 9.70. The van der Waals surface area contributed by atoms with Crippen molar-refractivity contribution in [3.05, 3.63) is 0 Å². The van der Waals surface area contributed by atoms with Crippen LogP contribution < -0.4 is 11.5 Å². The summed E-state index contributed by atoms with van der Waals surface area (Å²) in [6.07, 6.45) is -3.06. The zero-order valence-corrected chi connectivity index (χ0v) is 7.48. The summed E-state index contributed by atoms with van der Waals surface area (Å²) in [5.74, 6) is -3.93. The number of aliphatic hydroxyl groups excluding tert-OH is 1. The van der Waals surface area contributed by atoms with E-state index >= 15 is 0 Å².